The molecule has 0 aromatic rings. The fourth-order valence-corrected chi connectivity index (χ4v) is 3.59. The van der Waals surface area contributed by atoms with Crippen molar-refractivity contribution in [3.8, 4) is 0 Å². The van der Waals surface area contributed by atoms with Crippen LogP contribution in [0.25, 0.3) is 0 Å². The van der Waals surface area contributed by atoms with Gasteiger partial charge in [0, 0.05) is 31.3 Å². The van der Waals surface area contributed by atoms with Gasteiger partial charge in [0.05, 0.1) is 0 Å². The molecule has 1 unspecified atom stereocenters. The number of ether oxygens (including phenoxy) is 1. The maximum absolute atomic E-state index is 6.14. The molecule has 0 radical (unpaired) electrons. The quantitative estimate of drug-likeness (QED) is 0.821. The summed E-state index contributed by atoms with van der Waals surface area (Å²) in [4.78, 5) is 2.75. The van der Waals surface area contributed by atoms with Gasteiger partial charge >= 0.3 is 0 Å². The van der Waals surface area contributed by atoms with Crippen molar-refractivity contribution >= 4 is 0 Å². The van der Waals surface area contributed by atoms with Crippen molar-refractivity contribution in [2.75, 3.05) is 26.3 Å². The zero-order valence-electron chi connectivity index (χ0n) is 11.3. The fraction of sp³-hybridized carbons (Fsp3) is 1.00. The predicted molar refractivity (Wildman–Crippen MR) is 71.1 cm³/mol. The van der Waals surface area contributed by atoms with Crippen LogP contribution in [-0.2, 0) is 4.74 Å². The van der Waals surface area contributed by atoms with Crippen molar-refractivity contribution in [1.82, 2.24) is 4.90 Å². The van der Waals surface area contributed by atoms with Gasteiger partial charge in [-0.1, -0.05) is 19.8 Å². The van der Waals surface area contributed by atoms with Crippen molar-refractivity contribution in [2.24, 2.45) is 5.73 Å². The van der Waals surface area contributed by atoms with Crippen LogP contribution in [-0.4, -0.2) is 42.8 Å². The molecule has 3 heteroatoms. The van der Waals surface area contributed by atoms with Crippen LogP contribution in [0.15, 0.2) is 0 Å². The second-order valence-electron chi connectivity index (χ2n) is 5.65. The molecule has 0 bridgehead atoms. The Hall–Kier alpha value is -0.120. The van der Waals surface area contributed by atoms with E-state index in [4.69, 9.17) is 10.5 Å². The minimum absolute atomic E-state index is 0.239. The molecule has 2 fully saturated rings. The van der Waals surface area contributed by atoms with Gasteiger partial charge in [0.2, 0.25) is 0 Å². The van der Waals surface area contributed by atoms with Crippen LogP contribution in [0.1, 0.15) is 51.9 Å². The van der Waals surface area contributed by atoms with Gasteiger partial charge in [-0.15, -0.1) is 0 Å². The predicted octanol–water partition coefficient (Wildman–Crippen LogP) is 2.15. The van der Waals surface area contributed by atoms with E-state index in [0.29, 0.717) is 0 Å². The van der Waals surface area contributed by atoms with Gasteiger partial charge in [-0.2, -0.15) is 0 Å². The molecule has 2 N–H and O–H groups in total. The molecule has 0 aromatic heterocycles. The molecule has 100 valence electrons. The highest BCUT2D eigenvalue weighted by Gasteiger charge is 2.40. The Morgan fingerprint density at radius 2 is 2.00 bits per heavy atom. The van der Waals surface area contributed by atoms with Crippen molar-refractivity contribution in [3.63, 3.8) is 0 Å². The van der Waals surface area contributed by atoms with Gasteiger partial charge in [-0.3, -0.25) is 4.90 Å². The lowest BCUT2D eigenvalue weighted by molar-refractivity contribution is -0.0433. The maximum Gasteiger partial charge on any atom is 0.0484 e. The number of nitrogens with two attached hydrogens (primary N) is 1. The standard InChI is InChI=1S/C14H28N2O/c1-2-13-6-4-3-5-9-16(13)14(12-15)7-10-17-11-8-14/h13H,2-12,15H2,1H3. The molecule has 3 nitrogen and oxygen atoms in total. The average Bonchev–Trinajstić information content (AvgIpc) is 2.65. The molecule has 2 aliphatic rings. The first-order chi connectivity index (χ1) is 8.32. The Morgan fingerprint density at radius 3 is 2.65 bits per heavy atom. The summed E-state index contributed by atoms with van der Waals surface area (Å²) >= 11 is 0. The third-order valence-corrected chi connectivity index (χ3v) is 4.76. The van der Waals surface area contributed by atoms with Crippen molar-refractivity contribution in [3.05, 3.63) is 0 Å². The van der Waals surface area contributed by atoms with Crippen LogP contribution in [0.4, 0.5) is 0 Å². The number of likely N-dealkylation sites (tertiary alicyclic amines) is 1. The summed E-state index contributed by atoms with van der Waals surface area (Å²) in [5.74, 6) is 0. The van der Waals surface area contributed by atoms with Crippen LogP contribution in [0.3, 0.4) is 0 Å². The van der Waals surface area contributed by atoms with Gasteiger partial charge in [-0.25, -0.2) is 0 Å². The summed E-state index contributed by atoms with van der Waals surface area (Å²) in [6.07, 6.45) is 9.01. The highest BCUT2D eigenvalue weighted by Crippen LogP contribution is 2.33. The molecule has 0 amide bonds. The summed E-state index contributed by atoms with van der Waals surface area (Å²) in [5, 5.41) is 0. The third-order valence-electron chi connectivity index (χ3n) is 4.76. The van der Waals surface area contributed by atoms with Crippen molar-refractivity contribution in [2.45, 2.75) is 63.5 Å². The van der Waals surface area contributed by atoms with E-state index in [2.05, 4.69) is 11.8 Å². The van der Waals surface area contributed by atoms with Gasteiger partial charge in [-0.05, 0) is 38.6 Å². The van der Waals surface area contributed by atoms with Crippen molar-refractivity contribution < 1.29 is 4.74 Å². The molecule has 0 spiro atoms. The molecule has 2 aliphatic heterocycles. The highest BCUT2D eigenvalue weighted by atomic mass is 16.5. The fourth-order valence-electron chi connectivity index (χ4n) is 3.59. The largest absolute Gasteiger partial charge is 0.381 e. The summed E-state index contributed by atoms with van der Waals surface area (Å²) in [7, 11) is 0. The monoisotopic (exact) mass is 240 g/mol. The molecule has 2 heterocycles. The van der Waals surface area contributed by atoms with E-state index < -0.39 is 0 Å². The lowest BCUT2D eigenvalue weighted by atomic mass is 9.86. The molecule has 0 saturated carbocycles. The second kappa shape index (κ2) is 6.17. The Bertz CT molecular complexity index is 226. The summed E-state index contributed by atoms with van der Waals surface area (Å²) in [6.45, 7) is 6.16. The number of hydrogen-bond acceptors (Lipinski definition) is 3. The van der Waals surface area contributed by atoms with Crippen LogP contribution < -0.4 is 5.73 Å². The van der Waals surface area contributed by atoms with E-state index in [1.807, 2.05) is 0 Å². The maximum atomic E-state index is 6.14. The number of rotatable bonds is 3. The van der Waals surface area contributed by atoms with E-state index in [1.165, 1.54) is 38.6 Å². The lowest BCUT2D eigenvalue weighted by Crippen LogP contribution is -2.60. The first-order valence-electron chi connectivity index (χ1n) is 7.37. The normalized spacial score (nSPS) is 31.1. The highest BCUT2D eigenvalue weighted by molar-refractivity contribution is 4.97. The first kappa shape index (κ1) is 13.3. The molecule has 1 atom stereocenters. The lowest BCUT2D eigenvalue weighted by Gasteiger charge is -2.49. The van der Waals surface area contributed by atoms with E-state index in [0.717, 1.165) is 38.6 Å². The van der Waals surface area contributed by atoms with Crippen LogP contribution in [0.5, 0.6) is 0 Å². The molecule has 0 aliphatic carbocycles. The van der Waals surface area contributed by atoms with E-state index >= 15 is 0 Å². The van der Waals surface area contributed by atoms with Gasteiger partial charge in [0.25, 0.3) is 0 Å². The molecular weight excluding hydrogens is 212 g/mol. The minimum atomic E-state index is 0.239. The topological polar surface area (TPSA) is 38.5 Å². The number of nitrogens with zero attached hydrogens (tertiary/aromatic N) is 1. The van der Waals surface area contributed by atoms with E-state index in [9.17, 15) is 0 Å². The van der Waals surface area contributed by atoms with Crippen LogP contribution >= 0.6 is 0 Å². The summed E-state index contributed by atoms with van der Waals surface area (Å²) < 4.78 is 5.54. The second-order valence-corrected chi connectivity index (χ2v) is 5.65. The van der Waals surface area contributed by atoms with Gasteiger partial charge in [0.15, 0.2) is 0 Å². The zero-order chi connectivity index (χ0) is 12.1. The minimum Gasteiger partial charge on any atom is -0.381 e. The van der Waals surface area contributed by atoms with Crippen LogP contribution in [0, 0.1) is 0 Å². The summed E-state index contributed by atoms with van der Waals surface area (Å²) in [6, 6.07) is 0.749. The van der Waals surface area contributed by atoms with E-state index in [-0.39, 0.29) is 5.54 Å². The molecule has 2 rings (SSSR count). The Kier molecular flexibility index (Phi) is 4.83. The Balaban J connectivity index is 2.13. The molecular formula is C14H28N2O. The zero-order valence-corrected chi connectivity index (χ0v) is 11.3. The molecule has 2 saturated heterocycles. The SMILES string of the molecule is CCC1CCCCCN1C1(CN)CCOCC1. The Labute approximate surface area is 106 Å². The molecule has 17 heavy (non-hydrogen) atoms. The average molecular weight is 240 g/mol. The smallest absolute Gasteiger partial charge is 0.0484 e. The van der Waals surface area contributed by atoms with E-state index in [1.54, 1.807) is 0 Å². The third kappa shape index (κ3) is 2.83. The summed E-state index contributed by atoms with van der Waals surface area (Å²) in [5.41, 5.74) is 6.38. The Morgan fingerprint density at radius 1 is 1.24 bits per heavy atom. The van der Waals surface area contributed by atoms with Crippen molar-refractivity contribution in [1.29, 1.82) is 0 Å². The first-order valence-corrected chi connectivity index (χ1v) is 7.37. The number of hydrogen-bond donors (Lipinski definition) is 1. The van der Waals surface area contributed by atoms with Gasteiger partial charge in [0.1, 0.15) is 0 Å². The molecule has 0 aromatic carbocycles. The van der Waals surface area contributed by atoms with Gasteiger partial charge < -0.3 is 10.5 Å². The van der Waals surface area contributed by atoms with Crippen LogP contribution in [0.2, 0.25) is 0 Å².